The third kappa shape index (κ3) is 0.865. The maximum Gasteiger partial charge on any atom is 0.136 e. The van der Waals surface area contributed by atoms with Gasteiger partial charge >= 0.3 is 0 Å². The van der Waals surface area contributed by atoms with Gasteiger partial charge in [-0.05, 0) is 30.0 Å². The smallest absolute Gasteiger partial charge is 0.136 e. The highest BCUT2D eigenvalue weighted by molar-refractivity contribution is 7.17. The number of aryl methyl sites for hydroxylation is 1. The molecule has 0 saturated carbocycles. The predicted octanol–water partition coefficient (Wildman–Crippen LogP) is 2.62. The van der Waals surface area contributed by atoms with Crippen LogP contribution >= 0.6 is 11.3 Å². The lowest BCUT2D eigenvalue weighted by molar-refractivity contribution is 0.467. The van der Waals surface area contributed by atoms with E-state index in [2.05, 4.69) is 0 Å². The van der Waals surface area contributed by atoms with Crippen LogP contribution in [0.15, 0.2) is 17.5 Å². The summed E-state index contributed by atoms with van der Waals surface area (Å²) in [5, 5.41) is 21.6. The summed E-state index contributed by atoms with van der Waals surface area (Å²) >= 11 is 1.43. The lowest BCUT2D eigenvalue weighted by Crippen LogP contribution is -1.75. The summed E-state index contributed by atoms with van der Waals surface area (Å²) in [6, 6.07) is 3.37. The van der Waals surface area contributed by atoms with E-state index in [1.54, 1.807) is 19.1 Å². The Bertz CT molecular complexity index is 431. The molecule has 3 heteroatoms. The molecule has 0 spiro atoms. The first-order valence-electron chi connectivity index (χ1n) is 3.59. The highest BCUT2D eigenvalue weighted by Gasteiger charge is 2.08. The number of aromatic hydroxyl groups is 2. The molecule has 0 fully saturated rings. The number of hydrogen-bond donors (Lipinski definition) is 2. The third-order valence-electron chi connectivity index (χ3n) is 1.88. The van der Waals surface area contributed by atoms with Crippen LogP contribution in [-0.4, -0.2) is 10.2 Å². The Labute approximate surface area is 73.7 Å². The molecule has 0 unspecified atom stereocenters. The lowest BCUT2D eigenvalue weighted by Gasteiger charge is -2.01. The Morgan fingerprint density at radius 1 is 1.33 bits per heavy atom. The van der Waals surface area contributed by atoms with E-state index in [1.807, 2.05) is 5.38 Å². The van der Waals surface area contributed by atoms with Crippen molar-refractivity contribution in [3.8, 4) is 11.5 Å². The van der Waals surface area contributed by atoms with Gasteiger partial charge in [0.25, 0.3) is 0 Å². The molecule has 1 aromatic carbocycles. The molecule has 62 valence electrons. The van der Waals surface area contributed by atoms with Gasteiger partial charge in [0.2, 0.25) is 0 Å². The molecular formula is C9H8O2S. The fourth-order valence-corrected chi connectivity index (χ4v) is 2.14. The topological polar surface area (TPSA) is 40.5 Å². The van der Waals surface area contributed by atoms with Crippen molar-refractivity contribution < 1.29 is 10.2 Å². The summed E-state index contributed by atoms with van der Waals surface area (Å²) in [7, 11) is 0. The van der Waals surface area contributed by atoms with Gasteiger partial charge in [-0.25, -0.2) is 0 Å². The lowest BCUT2D eigenvalue weighted by atomic mass is 10.1. The minimum absolute atomic E-state index is 0.238. The Kier molecular flexibility index (Phi) is 1.48. The Morgan fingerprint density at radius 3 is 2.83 bits per heavy atom. The maximum absolute atomic E-state index is 9.57. The molecule has 0 amide bonds. The van der Waals surface area contributed by atoms with Crippen molar-refractivity contribution in [3.63, 3.8) is 0 Å². The SMILES string of the molecule is Cc1cc(O)c2ccsc2c1O. The van der Waals surface area contributed by atoms with Gasteiger partial charge in [0.15, 0.2) is 0 Å². The quantitative estimate of drug-likeness (QED) is 0.612. The van der Waals surface area contributed by atoms with Gasteiger partial charge < -0.3 is 10.2 Å². The van der Waals surface area contributed by atoms with Crippen molar-refractivity contribution in [2.45, 2.75) is 6.92 Å². The Morgan fingerprint density at radius 2 is 2.08 bits per heavy atom. The average Bonchev–Trinajstić information content (AvgIpc) is 2.48. The van der Waals surface area contributed by atoms with Crippen LogP contribution in [0, 0.1) is 6.92 Å². The van der Waals surface area contributed by atoms with E-state index in [9.17, 15) is 10.2 Å². The van der Waals surface area contributed by atoms with Crippen molar-refractivity contribution in [1.82, 2.24) is 0 Å². The second-order valence-electron chi connectivity index (χ2n) is 2.72. The second kappa shape index (κ2) is 2.38. The van der Waals surface area contributed by atoms with Crippen LogP contribution in [-0.2, 0) is 0 Å². The molecule has 0 atom stereocenters. The molecule has 2 nitrogen and oxygen atoms in total. The summed E-state index contributed by atoms with van der Waals surface area (Å²) in [5.41, 5.74) is 0.711. The van der Waals surface area contributed by atoms with E-state index in [-0.39, 0.29) is 11.5 Å². The first kappa shape index (κ1) is 7.43. The number of rotatable bonds is 0. The van der Waals surface area contributed by atoms with E-state index in [4.69, 9.17) is 0 Å². The monoisotopic (exact) mass is 180 g/mol. The third-order valence-corrected chi connectivity index (χ3v) is 2.80. The molecule has 0 radical (unpaired) electrons. The van der Waals surface area contributed by atoms with Gasteiger partial charge in [-0.1, -0.05) is 0 Å². The zero-order chi connectivity index (χ0) is 8.72. The summed E-state index contributed by atoms with van der Waals surface area (Å²) in [4.78, 5) is 0. The molecule has 0 aliphatic heterocycles. The molecule has 0 saturated heterocycles. The number of thiophene rings is 1. The molecule has 0 bridgehead atoms. The van der Waals surface area contributed by atoms with Crippen molar-refractivity contribution >= 4 is 21.4 Å². The van der Waals surface area contributed by atoms with E-state index < -0.39 is 0 Å². The molecule has 2 aromatic rings. The minimum atomic E-state index is 0.238. The number of phenols is 2. The van der Waals surface area contributed by atoms with Crippen LogP contribution in [0.1, 0.15) is 5.56 Å². The van der Waals surface area contributed by atoms with E-state index in [0.717, 1.165) is 10.1 Å². The van der Waals surface area contributed by atoms with Crippen LogP contribution in [0.4, 0.5) is 0 Å². The molecule has 2 N–H and O–H groups in total. The molecule has 1 heterocycles. The molecule has 1 aromatic heterocycles. The molecular weight excluding hydrogens is 172 g/mol. The largest absolute Gasteiger partial charge is 0.507 e. The first-order valence-corrected chi connectivity index (χ1v) is 4.47. The molecule has 2 rings (SSSR count). The minimum Gasteiger partial charge on any atom is -0.507 e. The average molecular weight is 180 g/mol. The summed E-state index contributed by atoms with van der Waals surface area (Å²) < 4.78 is 0.757. The summed E-state index contributed by atoms with van der Waals surface area (Å²) in [6.45, 7) is 1.77. The predicted molar refractivity (Wildman–Crippen MR) is 49.9 cm³/mol. The normalized spacial score (nSPS) is 10.8. The van der Waals surface area contributed by atoms with Crippen molar-refractivity contribution in [1.29, 1.82) is 0 Å². The van der Waals surface area contributed by atoms with Crippen LogP contribution in [0.25, 0.3) is 10.1 Å². The fourth-order valence-electron chi connectivity index (χ4n) is 1.22. The van der Waals surface area contributed by atoms with Crippen LogP contribution in [0.3, 0.4) is 0 Å². The molecule has 12 heavy (non-hydrogen) atoms. The van der Waals surface area contributed by atoms with Crippen LogP contribution < -0.4 is 0 Å². The first-order chi connectivity index (χ1) is 5.70. The van der Waals surface area contributed by atoms with E-state index in [1.165, 1.54) is 11.3 Å². The zero-order valence-corrected chi connectivity index (χ0v) is 7.35. The van der Waals surface area contributed by atoms with Crippen molar-refractivity contribution in [2.24, 2.45) is 0 Å². The fraction of sp³-hybridized carbons (Fsp3) is 0.111. The summed E-state index contributed by atoms with van der Waals surface area (Å²) in [5.74, 6) is 0.513. The molecule has 0 aliphatic carbocycles. The van der Waals surface area contributed by atoms with Gasteiger partial charge in [-0.15, -0.1) is 11.3 Å². The number of benzene rings is 1. The highest BCUT2D eigenvalue weighted by atomic mass is 32.1. The second-order valence-corrected chi connectivity index (χ2v) is 3.64. The van der Waals surface area contributed by atoms with Crippen molar-refractivity contribution in [2.75, 3.05) is 0 Å². The number of phenolic OH excluding ortho intramolecular Hbond substituents is 2. The van der Waals surface area contributed by atoms with Gasteiger partial charge in [-0.2, -0.15) is 0 Å². The van der Waals surface area contributed by atoms with Gasteiger partial charge in [-0.3, -0.25) is 0 Å². The molecule has 0 aliphatic rings. The highest BCUT2D eigenvalue weighted by Crippen LogP contribution is 2.38. The van der Waals surface area contributed by atoms with E-state index >= 15 is 0 Å². The van der Waals surface area contributed by atoms with Gasteiger partial charge in [0.1, 0.15) is 11.5 Å². The standard InChI is InChI=1S/C9H8O2S/c1-5-4-7(10)6-2-3-12-9(6)8(5)11/h2-4,10-11H,1H3. The Hall–Kier alpha value is -1.22. The van der Waals surface area contributed by atoms with Crippen LogP contribution in [0.2, 0.25) is 0 Å². The van der Waals surface area contributed by atoms with Gasteiger partial charge in [0, 0.05) is 5.39 Å². The Balaban J connectivity index is 2.97. The zero-order valence-electron chi connectivity index (χ0n) is 6.53. The van der Waals surface area contributed by atoms with Gasteiger partial charge in [0.05, 0.1) is 4.70 Å². The summed E-state index contributed by atoms with van der Waals surface area (Å²) in [6.07, 6.45) is 0. The number of fused-ring (bicyclic) bond motifs is 1. The van der Waals surface area contributed by atoms with Crippen molar-refractivity contribution in [3.05, 3.63) is 23.1 Å². The van der Waals surface area contributed by atoms with Crippen LogP contribution in [0.5, 0.6) is 11.5 Å². The maximum atomic E-state index is 9.57. The van der Waals surface area contributed by atoms with E-state index in [0.29, 0.717) is 5.56 Å². The number of hydrogen-bond acceptors (Lipinski definition) is 3.